The molecule has 0 aromatic carbocycles. The molecule has 0 aromatic rings. The summed E-state index contributed by atoms with van der Waals surface area (Å²) in [6.07, 6.45) is 2.59. The van der Waals surface area contributed by atoms with Gasteiger partial charge in [-0.25, -0.2) is 4.79 Å². The van der Waals surface area contributed by atoms with Crippen molar-refractivity contribution in [2.24, 2.45) is 17.8 Å². The van der Waals surface area contributed by atoms with Crippen LogP contribution in [-0.4, -0.2) is 75.0 Å². The number of ether oxygens (including phenoxy) is 2. The third-order valence-electron chi connectivity index (χ3n) is 7.39. The van der Waals surface area contributed by atoms with Crippen molar-refractivity contribution in [1.29, 1.82) is 0 Å². The summed E-state index contributed by atoms with van der Waals surface area (Å²) in [4.78, 5) is 65.8. The number of hydrogen-bond donors (Lipinski definition) is 0. The molecule has 11 heteroatoms. The zero-order valence-electron chi connectivity index (χ0n) is 16.0. The number of nitrogens with zero attached hydrogens (tertiary/aromatic N) is 3. The summed E-state index contributed by atoms with van der Waals surface area (Å²) < 4.78 is 10.8. The highest BCUT2D eigenvalue weighted by Crippen LogP contribution is 2.65. The predicted molar refractivity (Wildman–Crippen MR) is 91.2 cm³/mol. The van der Waals surface area contributed by atoms with Crippen molar-refractivity contribution in [1.82, 2.24) is 9.80 Å². The number of fused-ring (bicyclic) bond motifs is 4. The van der Waals surface area contributed by atoms with Crippen LogP contribution in [-0.2, 0) is 28.7 Å². The first-order valence-electron chi connectivity index (χ1n) is 9.42. The summed E-state index contributed by atoms with van der Waals surface area (Å²) in [7, 11) is 1.15. The number of likely N-dealkylation sites (tertiary alicyclic amines) is 1. The van der Waals surface area contributed by atoms with Gasteiger partial charge < -0.3 is 9.64 Å². The highest BCUT2D eigenvalue weighted by Gasteiger charge is 2.84. The van der Waals surface area contributed by atoms with E-state index in [9.17, 15) is 29.3 Å². The molecule has 0 radical (unpaired) electrons. The van der Waals surface area contributed by atoms with E-state index in [2.05, 4.69) is 0 Å². The van der Waals surface area contributed by atoms with Gasteiger partial charge in [-0.05, 0) is 19.9 Å². The molecule has 2 bridgehead atoms. The number of hydrogen-bond acceptors (Lipinski definition) is 8. The molecule has 5 heterocycles. The largest absolute Gasteiger partial charge is 0.467 e. The van der Waals surface area contributed by atoms with Gasteiger partial charge in [-0.2, -0.15) is 0 Å². The lowest BCUT2D eigenvalue weighted by atomic mass is 9.72. The van der Waals surface area contributed by atoms with Crippen LogP contribution in [0.4, 0.5) is 0 Å². The van der Waals surface area contributed by atoms with Crippen molar-refractivity contribution < 1.29 is 33.6 Å². The molecule has 5 aliphatic rings. The van der Waals surface area contributed by atoms with E-state index in [0.29, 0.717) is 0 Å². The minimum atomic E-state index is -1.83. The average molecular weight is 405 g/mol. The summed E-state index contributed by atoms with van der Waals surface area (Å²) >= 11 is 0. The lowest BCUT2D eigenvalue weighted by Crippen LogP contribution is -2.58. The maximum Gasteiger partial charge on any atom is 0.346 e. The van der Waals surface area contributed by atoms with E-state index < -0.39 is 69.3 Å². The number of imide groups is 1. The number of rotatable bonds is 3. The Morgan fingerprint density at radius 1 is 1.31 bits per heavy atom. The Balaban J connectivity index is 1.72. The number of carbonyl (C=O) groups excluding carboxylic acids is 4. The molecule has 0 N–H and O–H groups in total. The lowest BCUT2D eigenvalue weighted by Gasteiger charge is -2.37. The zero-order valence-corrected chi connectivity index (χ0v) is 16.0. The number of methoxy groups -OCH3 is 1. The van der Waals surface area contributed by atoms with Gasteiger partial charge in [0.1, 0.15) is 5.60 Å². The van der Waals surface area contributed by atoms with Gasteiger partial charge in [-0.15, -0.1) is 0 Å². The molecule has 3 amide bonds. The summed E-state index contributed by atoms with van der Waals surface area (Å²) in [5.41, 5.74) is -4.96. The van der Waals surface area contributed by atoms with Crippen molar-refractivity contribution in [2.45, 2.75) is 43.2 Å². The Bertz CT molecular complexity index is 947. The Morgan fingerprint density at radius 3 is 2.59 bits per heavy atom. The van der Waals surface area contributed by atoms with Crippen LogP contribution in [0.15, 0.2) is 12.2 Å². The Labute approximate surface area is 164 Å². The first-order chi connectivity index (χ1) is 13.6. The summed E-state index contributed by atoms with van der Waals surface area (Å²) in [5, 5.41) is 11.6. The first-order valence-corrected chi connectivity index (χ1v) is 9.42. The van der Waals surface area contributed by atoms with E-state index in [-0.39, 0.29) is 13.0 Å². The van der Waals surface area contributed by atoms with Crippen LogP contribution in [0.25, 0.3) is 0 Å². The lowest BCUT2D eigenvalue weighted by molar-refractivity contribution is -0.608. The van der Waals surface area contributed by atoms with E-state index in [1.165, 1.54) is 24.0 Å². The van der Waals surface area contributed by atoms with E-state index in [1.807, 2.05) is 0 Å². The minimum absolute atomic E-state index is 0.120. The maximum absolute atomic E-state index is 13.4. The topological polar surface area (TPSA) is 136 Å². The number of esters is 1. The standard InChI is InChI=1S/C18H19N3O8/c1-4-19-13(23)9-10(14(19)24)16(2,15(25)28-3)20-11(9)18-6-5-17(29-18,21(26)27)7-8(18)12(20)22/h5-6,8-11H,4,7H2,1-3H3/t8-,9+,10+,11-,16+,17+,18-/m1/s1. The molecule has 29 heavy (non-hydrogen) atoms. The quantitative estimate of drug-likeness (QED) is 0.193. The van der Waals surface area contributed by atoms with Crippen LogP contribution in [0.5, 0.6) is 0 Å². The average Bonchev–Trinajstić information content (AvgIpc) is 3.42. The van der Waals surface area contributed by atoms with E-state index >= 15 is 0 Å². The molecular formula is C18H19N3O8. The monoisotopic (exact) mass is 405 g/mol. The second-order valence-corrected chi connectivity index (χ2v) is 8.36. The molecule has 0 saturated carbocycles. The summed E-state index contributed by atoms with van der Waals surface area (Å²) in [6, 6.07) is -0.998. The van der Waals surface area contributed by atoms with Gasteiger partial charge in [0.2, 0.25) is 17.7 Å². The SMILES string of the molecule is CCN1C(=O)[C@H]2[C@@H](C1=O)[C@@](C)(C(=O)OC)N1C(=O)[C@H]3C[C@]4([N+](=O)[O-])C=C[C@]3(O4)[C@@H]21. The summed E-state index contributed by atoms with van der Waals surface area (Å²) in [5.74, 6) is -5.47. The van der Waals surface area contributed by atoms with Gasteiger partial charge in [0.05, 0.1) is 42.2 Å². The van der Waals surface area contributed by atoms with E-state index in [1.54, 1.807) is 6.92 Å². The molecule has 154 valence electrons. The molecule has 7 atom stereocenters. The van der Waals surface area contributed by atoms with Crippen LogP contribution in [0.3, 0.4) is 0 Å². The van der Waals surface area contributed by atoms with Gasteiger partial charge in [0.25, 0.3) is 0 Å². The molecule has 0 aliphatic carbocycles. The van der Waals surface area contributed by atoms with Crippen molar-refractivity contribution in [3.8, 4) is 0 Å². The number of nitro groups is 1. The predicted octanol–water partition coefficient (Wildman–Crippen LogP) is -0.918. The third kappa shape index (κ3) is 1.63. The molecular weight excluding hydrogens is 386 g/mol. The number of amides is 3. The maximum atomic E-state index is 13.4. The van der Waals surface area contributed by atoms with Crippen LogP contribution >= 0.6 is 0 Å². The van der Waals surface area contributed by atoms with Crippen molar-refractivity contribution in [2.75, 3.05) is 13.7 Å². The van der Waals surface area contributed by atoms with Crippen LogP contribution in [0.2, 0.25) is 0 Å². The Hall–Kier alpha value is -2.82. The highest BCUT2D eigenvalue weighted by molar-refractivity contribution is 6.11. The van der Waals surface area contributed by atoms with Gasteiger partial charge in [-0.3, -0.25) is 34.1 Å². The fourth-order valence-electron chi connectivity index (χ4n) is 6.22. The van der Waals surface area contributed by atoms with Gasteiger partial charge in [0, 0.05) is 12.6 Å². The van der Waals surface area contributed by atoms with Gasteiger partial charge in [0.15, 0.2) is 5.54 Å². The van der Waals surface area contributed by atoms with Crippen LogP contribution < -0.4 is 0 Å². The molecule has 0 unspecified atom stereocenters. The zero-order chi connectivity index (χ0) is 21.1. The second-order valence-electron chi connectivity index (χ2n) is 8.36. The normalized spacial score (nSPS) is 46.4. The Morgan fingerprint density at radius 2 is 2.00 bits per heavy atom. The van der Waals surface area contributed by atoms with E-state index in [4.69, 9.17) is 9.47 Å². The summed E-state index contributed by atoms with van der Waals surface area (Å²) in [6.45, 7) is 3.19. The number of carbonyl (C=O) groups is 4. The second kappa shape index (κ2) is 5.02. The first kappa shape index (κ1) is 18.2. The fraction of sp³-hybridized carbons (Fsp3) is 0.667. The molecule has 5 aliphatic heterocycles. The third-order valence-corrected chi connectivity index (χ3v) is 7.39. The highest BCUT2D eigenvalue weighted by atomic mass is 16.7. The minimum Gasteiger partial charge on any atom is -0.467 e. The van der Waals surface area contributed by atoms with Crippen molar-refractivity contribution in [3.05, 3.63) is 22.3 Å². The molecule has 4 saturated heterocycles. The molecule has 0 aromatic heterocycles. The molecule has 5 rings (SSSR count). The fourth-order valence-corrected chi connectivity index (χ4v) is 6.22. The molecule has 1 spiro atoms. The van der Waals surface area contributed by atoms with Gasteiger partial charge in [-0.1, -0.05) is 0 Å². The molecule has 4 fully saturated rings. The van der Waals surface area contributed by atoms with Crippen molar-refractivity contribution >= 4 is 23.7 Å². The Kier molecular flexibility index (Phi) is 3.15. The molecule has 11 nitrogen and oxygen atoms in total. The van der Waals surface area contributed by atoms with Crippen LogP contribution in [0, 0.1) is 27.9 Å². The van der Waals surface area contributed by atoms with E-state index in [0.717, 1.165) is 12.0 Å². The van der Waals surface area contributed by atoms with Crippen LogP contribution in [0.1, 0.15) is 20.3 Å². The van der Waals surface area contributed by atoms with Crippen molar-refractivity contribution in [3.63, 3.8) is 0 Å². The van der Waals surface area contributed by atoms with Gasteiger partial charge >= 0.3 is 11.7 Å². The smallest absolute Gasteiger partial charge is 0.346 e.